The van der Waals surface area contributed by atoms with E-state index in [2.05, 4.69) is 15.6 Å². The van der Waals surface area contributed by atoms with Crippen molar-refractivity contribution >= 4 is 5.96 Å². The highest BCUT2D eigenvalue weighted by Crippen LogP contribution is 2.28. The molecule has 2 aromatic rings. The minimum atomic E-state index is 0.537. The van der Waals surface area contributed by atoms with Crippen LogP contribution in [0, 0.1) is 0 Å². The van der Waals surface area contributed by atoms with Gasteiger partial charge in [-0.1, -0.05) is 12.1 Å². The summed E-state index contributed by atoms with van der Waals surface area (Å²) in [5.74, 6) is 3.70. The summed E-state index contributed by atoms with van der Waals surface area (Å²) in [6, 6.07) is 11.8. The zero-order valence-corrected chi connectivity index (χ0v) is 18.6. The summed E-state index contributed by atoms with van der Waals surface area (Å²) >= 11 is 0. The molecule has 0 bridgehead atoms. The van der Waals surface area contributed by atoms with Gasteiger partial charge in [-0.25, -0.2) is 4.99 Å². The summed E-state index contributed by atoms with van der Waals surface area (Å²) in [5.41, 5.74) is 2.21. The molecule has 0 unspecified atom stereocenters. The zero-order chi connectivity index (χ0) is 21.8. The summed E-state index contributed by atoms with van der Waals surface area (Å²) in [5, 5.41) is 6.66. The van der Waals surface area contributed by atoms with Crippen molar-refractivity contribution in [2.24, 2.45) is 4.99 Å². The Balaban J connectivity index is 1.98. The number of guanidine groups is 1. The van der Waals surface area contributed by atoms with Crippen molar-refractivity contribution in [3.8, 4) is 23.0 Å². The normalized spacial score (nSPS) is 11.0. The van der Waals surface area contributed by atoms with Crippen molar-refractivity contribution < 1.29 is 18.9 Å². The van der Waals surface area contributed by atoms with Gasteiger partial charge in [0.15, 0.2) is 29.0 Å². The van der Waals surface area contributed by atoms with Crippen LogP contribution in [0.4, 0.5) is 0 Å². The highest BCUT2D eigenvalue weighted by molar-refractivity contribution is 5.79. The van der Waals surface area contributed by atoms with Gasteiger partial charge in [-0.2, -0.15) is 0 Å². The third-order valence-corrected chi connectivity index (χ3v) is 4.45. The Morgan fingerprint density at radius 3 is 2.07 bits per heavy atom. The van der Waals surface area contributed by atoms with Gasteiger partial charge < -0.3 is 29.6 Å². The maximum atomic E-state index is 5.65. The largest absolute Gasteiger partial charge is 0.493 e. The highest BCUT2D eigenvalue weighted by Gasteiger charge is 2.07. The summed E-state index contributed by atoms with van der Waals surface area (Å²) < 4.78 is 21.7. The smallest absolute Gasteiger partial charge is 0.191 e. The summed E-state index contributed by atoms with van der Waals surface area (Å²) in [6.45, 7) is 6.66. The van der Waals surface area contributed by atoms with Gasteiger partial charge in [0.2, 0.25) is 0 Å². The summed E-state index contributed by atoms with van der Waals surface area (Å²) in [6.07, 6.45) is 0.835. The number of nitrogens with zero attached hydrogens (tertiary/aromatic N) is 1. The molecule has 7 heteroatoms. The second kappa shape index (κ2) is 12.5. The number of nitrogens with one attached hydrogen (secondary N) is 2. The van der Waals surface area contributed by atoms with Crippen molar-refractivity contribution in [1.29, 1.82) is 0 Å². The molecule has 2 N–H and O–H groups in total. The maximum Gasteiger partial charge on any atom is 0.191 e. The molecule has 0 aliphatic carbocycles. The Hall–Kier alpha value is -3.09. The molecule has 0 aromatic heterocycles. The molecule has 0 heterocycles. The molecular formula is C23H33N3O4. The fourth-order valence-electron chi connectivity index (χ4n) is 2.96. The van der Waals surface area contributed by atoms with Crippen LogP contribution < -0.4 is 29.6 Å². The van der Waals surface area contributed by atoms with E-state index in [4.69, 9.17) is 18.9 Å². The Bertz CT molecular complexity index is 824. The van der Waals surface area contributed by atoms with Gasteiger partial charge in [0.25, 0.3) is 0 Å². The van der Waals surface area contributed by atoms with Crippen LogP contribution in [0.1, 0.15) is 25.0 Å². The van der Waals surface area contributed by atoms with Crippen LogP contribution in [0.15, 0.2) is 41.4 Å². The van der Waals surface area contributed by atoms with Gasteiger partial charge in [-0.3, -0.25) is 0 Å². The lowest BCUT2D eigenvalue weighted by atomic mass is 10.1. The molecule has 0 amide bonds. The molecule has 0 radical (unpaired) electrons. The summed E-state index contributed by atoms with van der Waals surface area (Å²) in [7, 11) is 4.92. The van der Waals surface area contributed by atoms with Crippen molar-refractivity contribution in [2.45, 2.75) is 26.8 Å². The third kappa shape index (κ3) is 6.76. The van der Waals surface area contributed by atoms with Crippen LogP contribution in [-0.4, -0.2) is 47.0 Å². The van der Waals surface area contributed by atoms with E-state index < -0.39 is 0 Å². The van der Waals surface area contributed by atoms with Crippen LogP contribution in [0.2, 0.25) is 0 Å². The second-order valence-corrected chi connectivity index (χ2v) is 6.48. The Morgan fingerprint density at radius 2 is 1.43 bits per heavy atom. The Morgan fingerprint density at radius 1 is 0.800 bits per heavy atom. The number of hydrogen-bond donors (Lipinski definition) is 2. The van der Waals surface area contributed by atoms with Gasteiger partial charge in [-0.05, 0) is 55.7 Å². The molecule has 7 nitrogen and oxygen atoms in total. The molecule has 0 aliphatic rings. The van der Waals surface area contributed by atoms with Crippen molar-refractivity contribution in [3.05, 3.63) is 47.5 Å². The Kier molecular flexibility index (Phi) is 9.64. The van der Waals surface area contributed by atoms with Crippen LogP contribution in [0.25, 0.3) is 0 Å². The average molecular weight is 416 g/mol. The minimum absolute atomic E-state index is 0.537. The zero-order valence-electron chi connectivity index (χ0n) is 18.6. The monoisotopic (exact) mass is 415 g/mol. The van der Waals surface area contributed by atoms with E-state index in [-0.39, 0.29) is 0 Å². The second-order valence-electron chi connectivity index (χ2n) is 6.48. The van der Waals surface area contributed by atoms with E-state index >= 15 is 0 Å². The minimum Gasteiger partial charge on any atom is -0.493 e. The fraction of sp³-hybridized carbons (Fsp3) is 0.435. The number of rotatable bonds is 11. The van der Waals surface area contributed by atoms with Crippen LogP contribution in [0.3, 0.4) is 0 Å². The molecule has 30 heavy (non-hydrogen) atoms. The van der Waals surface area contributed by atoms with Crippen LogP contribution in [0.5, 0.6) is 23.0 Å². The molecule has 0 fully saturated rings. The van der Waals surface area contributed by atoms with Gasteiger partial charge in [0.05, 0.1) is 34.5 Å². The first kappa shape index (κ1) is 23.2. The van der Waals surface area contributed by atoms with E-state index in [1.54, 1.807) is 21.3 Å². The van der Waals surface area contributed by atoms with E-state index in [0.29, 0.717) is 13.2 Å². The van der Waals surface area contributed by atoms with Crippen molar-refractivity contribution in [1.82, 2.24) is 10.6 Å². The van der Waals surface area contributed by atoms with Crippen molar-refractivity contribution in [3.63, 3.8) is 0 Å². The number of methoxy groups -OCH3 is 3. The standard InChI is InChI=1S/C23H33N3O4/c1-6-24-23(25-13-12-17-8-10-19(27-3)21(14-17)29-5)26-16-18-9-11-20(28-4)22(15-18)30-7-2/h8-11,14-15H,6-7,12-13,16H2,1-5H3,(H2,24,25,26). The van der Waals surface area contributed by atoms with E-state index in [1.165, 1.54) is 0 Å². The summed E-state index contributed by atoms with van der Waals surface area (Å²) in [4.78, 5) is 4.69. The number of benzene rings is 2. The maximum absolute atomic E-state index is 5.65. The number of ether oxygens (including phenoxy) is 4. The first-order valence-electron chi connectivity index (χ1n) is 10.2. The molecule has 164 valence electrons. The predicted molar refractivity (Wildman–Crippen MR) is 120 cm³/mol. The fourth-order valence-corrected chi connectivity index (χ4v) is 2.96. The lowest BCUT2D eigenvalue weighted by molar-refractivity contribution is 0.310. The van der Waals surface area contributed by atoms with E-state index in [0.717, 1.165) is 59.6 Å². The van der Waals surface area contributed by atoms with Gasteiger partial charge in [0, 0.05) is 13.1 Å². The van der Waals surface area contributed by atoms with E-state index in [1.807, 2.05) is 50.2 Å². The van der Waals surface area contributed by atoms with Crippen LogP contribution in [-0.2, 0) is 13.0 Å². The SMILES string of the molecule is CCNC(=NCc1ccc(OC)c(OCC)c1)NCCc1ccc(OC)c(OC)c1. The van der Waals surface area contributed by atoms with Gasteiger partial charge in [0.1, 0.15) is 0 Å². The van der Waals surface area contributed by atoms with Crippen LogP contribution >= 0.6 is 0 Å². The lowest BCUT2D eigenvalue weighted by Crippen LogP contribution is -2.38. The number of aliphatic imine (C=N–C) groups is 1. The van der Waals surface area contributed by atoms with Gasteiger partial charge >= 0.3 is 0 Å². The van der Waals surface area contributed by atoms with Crippen molar-refractivity contribution in [2.75, 3.05) is 41.0 Å². The highest BCUT2D eigenvalue weighted by atomic mass is 16.5. The lowest BCUT2D eigenvalue weighted by Gasteiger charge is -2.13. The quantitative estimate of drug-likeness (QED) is 0.433. The molecule has 2 aromatic carbocycles. The molecule has 2 rings (SSSR count). The molecule has 0 saturated carbocycles. The Labute approximate surface area is 179 Å². The molecular weight excluding hydrogens is 382 g/mol. The molecule has 0 saturated heterocycles. The first-order valence-corrected chi connectivity index (χ1v) is 10.2. The molecule has 0 aliphatic heterocycles. The van der Waals surface area contributed by atoms with E-state index in [9.17, 15) is 0 Å². The van der Waals surface area contributed by atoms with Gasteiger partial charge in [-0.15, -0.1) is 0 Å². The first-order chi connectivity index (χ1) is 14.6. The predicted octanol–water partition coefficient (Wildman–Crippen LogP) is 3.41. The molecule has 0 atom stereocenters. The third-order valence-electron chi connectivity index (χ3n) is 4.45. The number of hydrogen-bond acceptors (Lipinski definition) is 5. The topological polar surface area (TPSA) is 73.3 Å². The molecule has 0 spiro atoms. The average Bonchev–Trinajstić information content (AvgIpc) is 2.77.